The molecule has 0 fully saturated rings. The Morgan fingerprint density at radius 2 is 0.983 bits per heavy atom. The van der Waals surface area contributed by atoms with E-state index in [0.29, 0.717) is 19.3 Å². The van der Waals surface area contributed by atoms with Crippen LogP contribution in [0, 0.1) is 0 Å². The van der Waals surface area contributed by atoms with E-state index in [2.05, 4.69) is 32.1 Å². The van der Waals surface area contributed by atoms with Gasteiger partial charge in [-0.1, -0.05) is 183 Å². The second kappa shape index (κ2) is 41.5. The molecule has 0 bridgehead atoms. The average Bonchev–Trinajstić information content (AvgIpc) is 3.19. The number of unbranched alkanes of at least 4 members (excludes halogenated alkanes) is 19. The predicted octanol–water partition coefficient (Wildman–Crippen LogP) is 11.8. The Morgan fingerprint density at radius 3 is 1.49 bits per heavy atom. The molecule has 0 aliphatic carbocycles. The first-order valence-electron chi connectivity index (χ1n) is 23.5. The van der Waals surface area contributed by atoms with Crippen molar-refractivity contribution in [3.8, 4) is 0 Å². The normalized spacial score (nSPS) is 13.6. The number of quaternary nitrogens is 1. The molecule has 0 radical (unpaired) electrons. The molecule has 0 saturated carbocycles. The minimum Gasteiger partial charge on any atom is -0.544 e. The summed E-state index contributed by atoms with van der Waals surface area (Å²) in [6.07, 6.45) is 52.4. The van der Waals surface area contributed by atoms with Crippen LogP contribution in [-0.2, 0) is 28.6 Å². The number of esters is 2. The Labute approximate surface area is 361 Å². The molecule has 59 heavy (non-hydrogen) atoms. The molecule has 2 atom stereocenters. The highest BCUT2D eigenvalue weighted by Gasteiger charge is 2.25. The molecule has 0 saturated heterocycles. The maximum atomic E-state index is 12.7. The van der Waals surface area contributed by atoms with Gasteiger partial charge in [0.15, 0.2) is 6.10 Å². The van der Waals surface area contributed by atoms with Crippen LogP contribution in [0.5, 0.6) is 0 Å². The zero-order valence-corrected chi connectivity index (χ0v) is 38.4. The van der Waals surface area contributed by atoms with Crippen LogP contribution in [-0.4, -0.2) is 75.5 Å². The highest BCUT2D eigenvalue weighted by atomic mass is 16.6. The Bertz CT molecular complexity index is 1190. The summed E-state index contributed by atoms with van der Waals surface area (Å²) in [6.45, 7) is 4.43. The van der Waals surface area contributed by atoms with Gasteiger partial charge >= 0.3 is 11.9 Å². The molecule has 0 heterocycles. The van der Waals surface area contributed by atoms with Crippen molar-refractivity contribution >= 4 is 17.9 Å². The highest BCUT2D eigenvalue weighted by molar-refractivity contribution is 5.70. The number of hydrogen-bond acceptors (Lipinski definition) is 7. The summed E-state index contributed by atoms with van der Waals surface area (Å²) in [5.74, 6) is -1.84. The van der Waals surface area contributed by atoms with Crippen molar-refractivity contribution < 1.29 is 38.2 Å². The van der Waals surface area contributed by atoms with Gasteiger partial charge in [0.05, 0.1) is 40.3 Å². The fourth-order valence-electron chi connectivity index (χ4n) is 6.57. The van der Waals surface area contributed by atoms with E-state index in [4.69, 9.17) is 14.2 Å². The Kier molecular flexibility index (Phi) is 39.2. The molecule has 0 amide bonds. The first-order chi connectivity index (χ1) is 28.6. The van der Waals surface area contributed by atoms with Gasteiger partial charge in [0.2, 0.25) is 0 Å². The second-order valence-corrected chi connectivity index (χ2v) is 16.7. The van der Waals surface area contributed by atoms with Gasteiger partial charge < -0.3 is 28.6 Å². The quantitative estimate of drug-likeness (QED) is 0.0199. The van der Waals surface area contributed by atoms with Crippen LogP contribution in [0.3, 0.4) is 0 Å². The third-order valence-corrected chi connectivity index (χ3v) is 10.2. The van der Waals surface area contributed by atoms with Gasteiger partial charge in [-0.2, -0.15) is 0 Å². The number of carboxylic acids is 1. The van der Waals surface area contributed by atoms with Crippen LogP contribution >= 0.6 is 0 Å². The number of rotatable bonds is 41. The number of carbonyl (C=O) groups is 3. The Morgan fingerprint density at radius 1 is 0.525 bits per heavy atom. The van der Waals surface area contributed by atoms with Gasteiger partial charge in [0.25, 0.3) is 0 Å². The maximum absolute atomic E-state index is 12.7. The van der Waals surface area contributed by atoms with Crippen LogP contribution in [0.1, 0.15) is 181 Å². The summed E-state index contributed by atoms with van der Waals surface area (Å²) in [4.78, 5) is 36.8. The molecule has 0 aromatic carbocycles. The molecule has 0 aromatic heterocycles. The van der Waals surface area contributed by atoms with Crippen LogP contribution in [0.2, 0.25) is 0 Å². The van der Waals surface area contributed by atoms with E-state index in [1.54, 1.807) is 21.1 Å². The molecular weight excluding hydrogens is 739 g/mol. The van der Waals surface area contributed by atoms with E-state index in [1.807, 2.05) is 54.7 Å². The lowest BCUT2D eigenvalue weighted by molar-refractivity contribution is -0.889. The molecule has 0 N–H and O–H groups in total. The van der Waals surface area contributed by atoms with Gasteiger partial charge in [0, 0.05) is 19.3 Å². The molecular formula is C51H87NO7. The summed E-state index contributed by atoms with van der Waals surface area (Å²) in [5, 5.41) is 11.6. The summed E-state index contributed by atoms with van der Waals surface area (Å²) >= 11 is 0. The molecule has 0 aliphatic rings. The number of likely N-dealkylation sites (N-methyl/N-ethyl adjacent to an activating group) is 1. The number of allylic oxidation sites excluding steroid dienone is 12. The number of hydrogen-bond donors (Lipinski definition) is 0. The predicted molar refractivity (Wildman–Crippen MR) is 245 cm³/mol. The van der Waals surface area contributed by atoms with Gasteiger partial charge in [-0.05, 0) is 51.4 Å². The fraction of sp³-hybridized carbons (Fsp3) is 0.706. The van der Waals surface area contributed by atoms with E-state index in [1.165, 1.54) is 109 Å². The van der Waals surface area contributed by atoms with Crippen molar-refractivity contribution in [2.24, 2.45) is 0 Å². The third kappa shape index (κ3) is 40.0. The van der Waals surface area contributed by atoms with Gasteiger partial charge in [-0.25, -0.2) is 0 Å². The Balaban J connectivity index is 4.31. The van der Waals surface area contributed by atoms with Crippen molar-refractivity contribution in [1.82, 2.24) is 0 Å². The molecule has 0 aliphatic heterocycles. The zero-order chi connectivity index (χ0) is 43.5. The lowest BCUT2D eigenvalue weighted by Crippen LogP contribution is -2.55. The number of ether oxygens (including phenoxy) is 3. The fourth-order valence-corrected chi connectivity index (χ4v) is 6.57. The van der Waals surface area contributed by atoms with Crippen molar-refractivity contribution in [3.63, 3.8) is 0 Å². The molecule has 0 aromatic rings. The first kappa shape index (κ1) is 55.8. The van der Waals surface area contributed by atoms with Crippen molar-refractivity contribution in [1.29, 1.82) is 0 Å². The monoisotopic (exact) mass is 826 g/mol. The zero-order valence-electron chi connectivity index (χ0n) is 38.4. The SMILES string of the molecule is CC/C=C/C=C/C=C/C=C/C=C/CCCC(=O)OC(COCCC(C(=O)[O-])[N+](C)(C)C)COC(=O)CCCCCCCCC/C=C/CCCCCCCCCCCCC. The van der Waals surface area contributed by atoms with E-state index < -0.39 is 18.1 Å². The summed E-state index contributed by atoms with van der Waals surface area (Å²) in [5.41, 5.74) is 0. The lowest BCUT2D eigenvalue weighted by Gasteiger charge is -2.34. The molecule has 8 heteroatoms. The third-order valence-electron chi connectivity index (χ3n) is 10.2. The van der Waals surface area contributed by atoms with Crippen LogP contribution in [0.25, 0.3) is 0 Å². The van der Waals surface area contributed by atoms with Crippen molar-refractivity contribution in [2.75, 3.05) is 41.0 Å². The molecule has 0 spiro atoms. The first-order valence-corrected chi connectivity index (χ1v) is 23.5. The van der Waals surface area contributed by atoms with Crippen LogP contribution < -0.4 is 5.11 Å². The maximum Gasteiger partial charge on any atom is 0.306 e. The van der Waals surface area contributed by atoms with E-state index in [-0.39, 0.29) is 49.1 Å². The average molecular weight is 826 g/mol. The topological polar surface area (TPSA) is 102 Å². The standard InChI is InChI=1S/C51H87NO7/c1-6-8-10-12-14-16-18-20-21-22-23-24-25-26-27-28-30-31-33-35-37-39-41-49(53)58-46-47(45-57-44-43-48(51(55)56)52(3,4)5)59-50(54)42-40-38-36-34-32-29-19-17-15-13-11-9-7-2/h9,11,13,15,17,19,25-26,29,32,34,36,47-48H,6-8,10,12,14,16,18,20-24,27-28,30-31,33,35,37-46H2,1-5H3/b11-9+,15-13+,19-17+,26-25+,32-29+,36-34+. The minimum atomic E-state index is -1.14. The van der Waals surface area contributed by atoms with Gasteiger partial charge in [0.1, 0.15) is 12.6 Å². The van der Waals surface area contributed by atoms with Gasteiger partial charge in [-0.3, -0.25) is 9.59 Å². The van der Waals surface area contributed by atoms with Crippen molar-refractivity contribution in [3.05, 3.63) is 72.9 Å². The summed E-state index contributed by atoms with van der Waals surface area (Å²) in [7, 11) is 5.37. The van der Waals surface area contributed by atoms with Crippen LogP contribution in [0.15, 0.2) is 72.9 Å². The largest absolute Gasteiger partial charge is 0.544 e. The molecule has 0 rings (SSSR count). The highest BCUT2D eigenvalue weighted by Crippen LogP contribution is 2.14. The van der Waals surface area contributed by atoms with Crippen molar-refractivity contribution in [2.45, 2.75) is 193 Å². The number of carboxylic acid groups (broad SMARTS) is 1. The van der Waals surface area contributed by atoms with E-state index in [9.17, 15) is 19.5 Å². The number of carbonyl (C=O) groups excluding carboxylic acids is 3. The lowest BCUT2D eigenvalue weighted by atomic mass is 10.0. The molecule has 2 unspecified atom stereocenters. The minimum absolute atomic E-state index is 0.00736. The summed E-state index contributed by atoms with van der Waals surface area (Å²) in [6, 6.07) is -0.742. The van der Waals surface area contributed by atoms with Gasteiger partial charge in [-0.15, -0.1) is 0 Å². The second-order valence-electron chi connectivity index (χ2n) is 16.7. The molecule has 8 nitrogen and oxygen atoms in total. The molecule has 338 valence electrons. The number of aliphatic carboxylic acids is 1. The van der Waals surface area contributed by atoms with E-state index >= 15 is 0 Å². The van der Waals surface area contributed by atoms with E-state index in [0.717, 1.165) is 25.7 Å². The summed E-state index contributed by atoms with van der Waals surface area (Å²) < 4.78 is 17.1. The smallest absolute Gasteiger partial charge is 0.306 e. The number of nitrogens with zero attached hydrogens (tertiary/aromatic N) is 1. The Hall–Kier alpha value is -3.23. The van der Waals surface area contributed by atoms with Crippen LogP contribution in [0.4, 0.5) is 0 Å².